The van der Waals surface area contributed by atoms with Crippen LogP contribution in [-0.2, 0) is 13.0 Å². The average molecular weight is 324 g/mol. The molecule has 1 atom stereocenters. The van der Waals surface area contributed by atoms with Crippen molar-refractivity contribution in [3.05, 3.63) is 16.1 Å². The van der Waals surface area contributed by atoms with Crippen molar-refractivity contribution in [2.24, 2.45) is 10.9 Å². The molecule has 1 aliphatic rings. The zero-order valence-corrected chi connectivity index (χ0v) is 14.9. The average Bonchev–Trinajstić information content (AvgIpc) is 2.98. The van der Waals surface area contributed by atoms with Crippen LogP contribution in [0.4, 0.5) is 0 Å². The predicted octanol–water partition coefficient (Wildman–Crippen LogP) is 2.10. The highest BCUT2D eigenvalue weighted by Gasteiger charge is 2.17. The Kier molecular flexibility index (Phi) is 7.12. The predicted molar refractivity (Wildman–Crippen MR) is 94.5 cm³/mol. The summed E-state index contributed by atoms with van der Waals surface area (Å²) in [4.78, 5) is 12.8. The number of thiazole rings is 1. The minimum Gasteiger partial charge on any atom is -0.357 e. The van der Waals surface area contributed by atoms with E-state index in [1.165, 1.54) is 30.8 Å². The Hall–Kier alpha value is -1.14. The van der Waals surface area contributed by atoms with Gasteiger partial charge in [0.25, 0.3) is 0 Å². The molecule has 1 fully saturated rings. The van der Waals surface area contributed by atoms with Crippen molar-refractivity contribution in [3.8, 4) is 0 Å². The molecule has 5 nitrogen and oxygen atoms in total. The van der Waals surface area contributed by atoms with Crippen LogP contribution in [0.25, 0.3) is 0 Å². The minimum absolute atomic E-state index is 0.657. The van der Waals surface area contributed by atoms with E-state index in [1.807, 2.05) is 6.20 Å². The number of hydrogen-bond donors (Lipinski definition) is 2. The van der Waals surface area contributed by atoms with Gasteiger partial charge in [-0.3, -0.25) is 0 Å². The maximum atomic E-state index is 4.66. The van der Waals surface area contributed by atoms with Gasteiger partial charge in [0, 0.05) is 30.7 Å². The number of nitrogens with one attached hydrogen (secondary N) is 2. The van der Waals surface area contributed by atoms with Gasteiger partial charge in [-0.25, -0.2) is 9.98 Å². The molecule has 0 aromatic carbocycles. The van der Waals surface area contributed by atoms with Crippen molar-refractivity contribution < 1.29 is 0 Å². The first-order valence-electron chi connectivity index (χ1n) is 8.35. The number of aliphatic imine (C=N–C) groups is 1. The van der Waals surface area contributed by atoms with E-state index in [-0.39, 0.29) is 0 Å². The van der Waals surface area contributed by atoms with E-state index in [2.05, 4.69) is 46.4 Å². The molecule has 1 saturated heterocycles. The first-order chi connectivity index (χ1) is 10.7. The molecule has 22 heavy (non-hydrogen) atoms. The van der Waals surface area contributed by atoms with Gasteiger partial charge in [-0.1, -0.05) is 6.92 Å². The smallest absolute Gasteiger partial charge is 0.191 e. The van der Waals surface area contributed by atoms with Gasteiger partial charge in [0.2, 0.25) is 0 Å². The second kappa shape index (κ2) is 9.10. The number of guanidine groups is 1. The zero-order chi connectivity index (χ0) is 15.8. The van der Waals surface area contributed by atoms with Crippen LogP contribution < -0.4 is 10.6 Å². The zero-order valence-electron chi connectivity index (χ0n) is 14.1. The molecule has 1 aliphatic heterocycles. The maximum absolute atomic E-state index is 4.66. The largest absolute Gasteiger partial charge is 0.357 e. The highest BCUT2D eigenvalue weighted by atomic mass is 32.1. The van der Waals surface area contributed by atoms with Crippen LogP contribution in [0.1, 0.15) is 36.6 Å². The maximum Gasteiger partial charge on any atom is 0.191 e. The van der Waals surface area contributed by atoms with Crippen LogP contribution >= 0.6 is 11.3 Å². The van der Waals surface area contributed by atoms with Crippen LogP contribution in [0.15, 0.2) is 11.2 Å². The van der Waals surface area contributed by atoms with Crippen molar-refractivity contribution in [1.82, 2.24) is 20.5 Å². The molecule has 2 heterocycles. The van der Waals surface area contributed by atoms with Gasteiger partial charge in [-0.05, 0) is 45.7 Å². The first kappa shape index (κ1) is 17.2. The Morgan fingerprint density at radius 2 is 2.32 bits per heavy atom. The first-order valence-corrected chi connectivity index (χ1v) is 9.17. The quantitative estimate of drug-likeness (QED) is 0.622. The second-order valence-electron chi connectivity index (χ2n) is 5.92. The van der Waals surface area contributed by atoms with E-state index >= 15 is 0 Å². The number of aromatic nitrogens is 1. The number of hydrogen-bond acceptors (Lipinski definition) is 4. The van der Waals surface area contributed by atoms with Crippen molar-refractivity contribution in [2.75, 3.05) is 33.2 Å². The number of aryl methyl sites for hydroxylation is 1. The molecular formula is C16H29N5S. The number of rotatable bonds is 6. The van der Waals surface area contributed by atoms with E-state index in [0.717, 1.165) is 30.5 Å². The molecule has 6 heteroatoms. The van der Waals surface area contributed by atoms with Crippen LogP contribution in [0.3, 0.4) is 0 Å². The van der Waals surface area contributed by atoms with Gasteiger partial charge >= 0.3 is 0 Å². The number of piperidine rings is 1. The monoisotopic (exact) mass is 323 g/mol. The van der Waals surface area contributed by atoms with E-state index in [4.69, 9.17) is 0 Å². The molecule has 2 N–H and O–H groups in total. The topological polar surface area (TPSA) is 52.6 Å². The summed E-state index contributed by atoms with van der Waals surface area (Å²) >= 11 is 1.76. The summed E-state index contributed by atoms with van der Waals surface area (Å²) in [5, 5.41) is 7.91. The van der Waals surface area contributed by atoms with Crippen molar-refractivity contribution in [1.29, 1.82) is 0 Å². The molecule has 0 saturated carbocycles. The van der Waals surface area contributed by atoms with Gasteiger partial charge in [-0.2, -0.15) is 0 Å². The van der Waals surface area contributed by atoms with E-state index in [0.29, 0.717) is 12.5 Å². The molecule has 0 amide bonds. The van der Waals surface area contributed by atoms with E-state index in [9.17, 15) is 0 Å². The standard InChI is InChI=1S/C16H29N5S/c1-4-14-10-18-15(22-14)11-20-16(17-5-2)19-9-13-7-6-8-21(3)12-13/h10,13H,4-9,11-12H2,1-3H3,(H2,17,19,20). The van der Waals surface area contributed by atoms with Crippen molar-refractivity contribution in [3.63, 3.8) is 0 Å². The van der Waals surface area contributed by atoms with Crippen LogP contribution in [0.2, 0.25) is 0 Å². The third kappa shape index (κ3) is 5.57. The lowest BCUT2D eigenvalue weighted by Gasteiger charge is -2.30. The van der Waals surface area contributed by atoms with Gasteiger partial charge in [0.1, 0.15) is 5.01 Å². The third-order valence-corrected chi connectivity index (χ3v) is 5.07. The second-order valence-corrected chi connectivity index (χ2v) is 7.12. The molecule has 1 aromatic heterocycles. The van der Waals surface area contributed by atoms with E-state index in [1.54, 1.807) is 11.3 Å². The third-order valence-electron chi connectivity index (χ3n) is 3.95. The normalized spacial score (nSPS) is 20.1. The lowest BCUT2D eigenvalue weighted by Crippen LogP contribution is -2.43. The fourth-order valence-corrected chi connectivity index (χ4v) is 3.54. The summed E-state index contributed by atoms with van der Waals surface area (Å²) in [6.07, 6.45) is 5.63. The molecule has 1 aromatic rings. The molecule has 0 spiro atoms. The summed E-state index contributed by atoms with van der Waals surface area (Å²) in [7, 11) is 2.21. The fraction of sp³-hybridized carbons (Fsp3) is 0.750. The lowest BCUT2D eigenvalue weighted by molar-refractivity contribution is 0.210. The summed E-state index contributed by atoms with van der Waals surface area (Å²) in [6, 6.07) is 0. The van der Waals surface area contributed by atoms with Gasteiger partial charge < -0.3 is 15.5 Å². The van der Waals surface area contributed by atoms with Crippen molar-refractivity contribution in [2.45, 2.75) is 39.7 Å². The summed E-state index contributed by atoms with van der Waals surface area (Å²) in [6.45, 7) is 9.21. The van der Waals surface area contributed by atoms with Crippen LogP contribution in [0, 0.1) is 5.92 Å². The molecule has 0 radical (unpaired) electrons. The minimum atomic E-state index is 0.657. The molecule has 0 bridgehead atoms. The van der Waals surface area contributed by atoms with Gasteiger partial charge in [0.15, 0.2) is 5.96 Å². The Labute approximate surface area is 138 Å². The number of likely N-dealkylation sites (tertiary alicyclic amines) is 1. The van der Waals surface area contributed by atoms with Gasteiger partial charge in [0.05, 0.1) is 6.54 Å². The van der Waals surface area contributed by atoms with Crippen LogP contribution in [-0.4, -0.2) is 49.1 Å². The Morgan fingerprint density at radius 3 is 3.00 bits per heavy atom. The molecule has 124 valence electrons. The van der Waals surface area contributed by atoms with Crippen molar-refractivity contribution >= 4 is 17.3 Å². The van der Waals surface area contributed by atoms with Crippen LogP contribution in [0.5, 0.6) is 0 Å². The molecule has 0 aliphatic carbocycles. The Balaban J connectivity index is 1.83. The molecular weight excluding hydrogens is 294 g/mol. The van der Waals surface area contributed by atoms with Gasteiger partial charge in [-0.15, -0.1) is 11.3 Å². The highest BCUT2D eigenvalue weighted by molar-refractivity contribution is 7.11. The van der Waals surface area contributed by atoms with E-state index < -0.39 is 0 Å². The SMILES string of the molecule is CCNC(=NCc1ncc(CC)s1)NCC1CCCN(C)C1. The summed E-state index contributed by atoms with van der Waals surface area (Å²) in [5.74, 6) is 1.62. The fourth-order valence-electron chi connectivity index (χ4n) is 2.75. The molecule has 1 unspecified atom stereocenters. The summed E-state index contributed by atoms with van der Waals surface area (Å²) < 4.78 is 0. The Morgan fingerprint density at radius 1 is 1.45 bits per heavy atom. The number of nitrogens with zero attached hydrogens (tertiary/aromatic N) is 3. The lowest BCUT2D eigenvalue weighted by atomic mass is 9.99. The Bertz CT molecular complexity index is 471. The highest BCUT2D eigenvalue weighted by Crippen LogP contribution is 2.15. The molecule has 2 rings (SSSR count). The summed E-state index contributed by atoms with van der Waals surface area (Å²) in [5.41, 5.74) is 0.